The van der Waals surface area contributed by atoms with Gasteiger partial charge in [0, 0.05) is 30.0 Å². The Hall–Kier alpha value is -2.15. The van der Waals surface area contributed by atoms with Gasteiger partial charge in [0.25, 0.3) is 5.91 Å². The molecule has 1 aromatic carbocycles. The quantitative estimate of drug-likeness (QED) is 0.749. The van der Waals surface area contributed by atoms with Crippen molar-refractivity contribution >= 4 is 23.0 Å². The molecule has 1 amide bonds. The fraction of sp³-hybridized carbons (Fsp3) is 0.333. The Morgan fingerprint density at radius 2 is 1.96 bits per heavy atom. The number of benzene rings is 1. The molecule has 0 radical (unpaired) electrons. The number of halogens is 3. The highest BCUT2D eigenvalue weighted by Gasteiger charge is 2.33. The summed E-state index contributed by atoms with van der Waals surface area (Å²) in [7, 11) is 0. The first-order valence-electron chi connectivity index (χ1n) is 7.89. The summed E-state index contributed by atoms with van der Waals surface area (Å²) in [5.74, 6) is -0.948. The van der Waals surface area contributed by atoms with Crippen LogP contribution in [0.25, 0.3) is 0 Å². The Morgan fingerprint density at radius 1 is 1.16 bits per heavy atom. The third kappa shape index (κ3) is 3.92. The zero-order chi connectivity index (χ0) is 18.0. The number of hydrogen-bond donors (Lipinski definition) is 0. The van der Waals surface area contributed by atoms with Crippen LogP contribution in [0.3, 0.4) is 0 Å². The van der Waals surface area contributed by atoms with E-state index >= 15 is 0 Å². The molecule has 25 heavy (non-hydrogen) atoms. The van der Waals surface area contributed by atoms with E-state index in [2.05, 4.69) is 0 Å². The van der Waals surface area contributed by atoms with Gasteiger partial charge in [0.1, 0.15) is 0 Å². The van der Waals surface area contributed by atoms with Crippen molar-refractivity contribution in [3.05, 3.63) is 57.8 Å². The Labute approximate surface area is 147 Å². The number of ketones is 1. The average molecular weight is 367 g/mol. The highest BCUT2D eigenvalue weighted by molar-refractivity contribution is 7.08. The highest BCUT2D eigenvalue weighted by Crippen LogP contribution is 2.31. The van der Waals surface area contributed by atoms with Crippen molar-refractivity contribution in [2.75, 3.05) is 13.1 Å². The van der Waals surface area contributed by atoms with Crippen LogP contribution in [0.2, 0.25) is 0 Å². The highest BCUT2D eigenvalue weighted by atomic mass is 32.1. The maximum absolute atomic E-state index is 12.8. The lowest BCUT2D eigenvalue weighted by Gasteiger charge is -2.32. The molecule has 0 N–H and O–H groups in total. The second-order valence-corrected chi connectivity index (χ2v) is 6.83. The first-order chi connectivity index (χ1) is 11.9. The molecule has 132 valence electrons. The minimum Gasteiger partial charge on any atom is -0.338 e. The number of likely N-dealkylation sites (tertiary alicyclic amines) is 1. The SMILES string of the molecule is O=C(c1cccc(C(F)(F)F)c1)[C@H]1CCCN(C(=O)c2ccsc2)C1. The number of carbonyl (C=O) groups is 2. The fourth-order valence-electron chi connectivity index (χ4n) is 3.03. The Kier molecular flexibility index (Phi) is 4.94. The molecule has 2 heterocycles. The zero-order valence-electron chi connectivity index (χ0n) is 13.3. The van der Waals surface area contributed by atoms with Crippen molar-refractivity contribution in [1.29, 1.82) is 0 Å². The van der Waals surface area contributed by atoms with E-state index in [1.54, 1.807) is 16.3 Å². The van der Waals surface area contributed by atoms with Gasteiger partial charge in [0.2, 0.25) is 0 Å². The topological polar surface area (TPSA) is 37.4 Å². The van der Waals surface area contributed by atoms with E-state index in [4.69, 9.17) is 0 Å². The summed E-state index contributed by atoms with van der Waals surface area (Å²) in [6, 6.07) is 6.21. The summed E-state index contributed by atoms with van der Waals surface area (Å²) < 4.78 is 38.5. The molecule has 0 aliphatic carbocycles. The van der Waals surface area contributed by atoms with Crippen molar-refractivity contribution in [3.63, 3.8) is 0 Å². The molecule has 1 fully saturated rings. The van der Waals surface area contributed by atoms with E-state index in [0.29, 0.717) is 24.9 Å². The van der Waals surface area contributed by atoms with Crippen molar-refractivity contribution in [2.45, 2.75) is 19.0 Å². The molecular weight excluding hydrogens is 351 g/mol. The molecule has 3 nitrogen and oxygen atoms in total. The predicted molar refractivity (Wildman–Crippen MR) is 88.7 cm³/mol. The summed E-state index contributed by atoms with van der Waals surface area (Å²) >= 11 is 1.42. The van der Waals surface area contributed by atoms with E-state index in [9.17, 15) is 22.8 Å². The Balaban J connectivity index is 1.75. The first-order valence-corrected chi connectivity index (χ1v) is 8.83. The molecule has 1 atom stereocenters. The number of Topliss-reactive ketones (excluding diaryl/α,β-unsaturated/α-hetero) is 1. The second-order valence-electron chi connectivity index (χ2n) is 6.05. The van der Waals surface area contributed by atoms with Gasteiger partial charge in [0.15, 0.2) is 5.78 Å². The molecule has 1 aliphatic rings. The molecule has 1 aliphatic heterocycles. The third-order valence-electron chi connectivity index (χ3n) is 4.32. The van der Waals surface area contributed by atoms with Crippen LogP contribution in [0.1, 0.15) is 39.1 Å². The summed E-state index contributed by atoms with van der Waals surface area (Å²) in [6.07, 6.45) is -3.25. The lowest BCUT2D eigenvalue weighted by molar-refractivity contribution is -0.137. The monoisotopic (exact) mass is 367 g/mol. The summed E-state index contributed by atoms with van der Waals surface area (Å²) in [6.45, 7) is 0.796. The molecular formula is C18H16F3NO2S. The molecule has 1 saturated heterocycles. The van der Waals surface area contributed by atoms with Gasteiger partial charge >= 0.3 is 6.18 Å². The van der Waals surface area contributed by atoms with Gasteiger partial charge in [-0.05, 0) is 36.4 Å². The number of hydrogen-bond acceptors (Lipinski definition) is 3. The number of alkyl halides is 3. The van der Waals surface area contributed by atoms with Gasteiger partial charge in [-0.15, -0.1) is 0 Å². The van der Waals surface area contributed by atoms with Crippen LogP contribution in [0.15, 0.2) is 41.1 Å². The van der Waals surface area contributed by atoms with E-state index in [-0.39, 0.29) is 23.8 Å². The maximum Gasteiger partial charge on any atom is 0.416 e. The number of carbonyl (C=O) groups excluding carboxylic acids is 2. The van der Waals surface area contributed by atoms with Gasteiger partial charge in [-0.25, -0.2) is 0 Å². The van der Waals surface area contributed by atoms with Crippen molar-refractivity contribution in [2.24, 2.45) is 5.92 Å². The number of rotatable bonds is 3. The van der Waals surface area contributed by atoms with Crippen LogP contribution in [-0.2, 0) is 6.18 Å². The molecule has 3 rings (SSSR count). The molecule has 0 saturated carbocycles. The number of amides is 1. The van der Waals surface area contributed by atoms with Crippen LogP contribution in [0.5, 0.6) is 0 Å². The summed E-state index contributed by atoms with van der Waals surface area (Å²) in [5.41, 5.74) is -0.206. The minimum absolute atomic E-state index is 0.0460. The molecule has 2 aromatic rings. The molecule has 0 unspecified atom stereocenters. The largest absolute Gasteiger partial charge is 0.416 e. The normalized spacial score (nSPS) is 18.2. The van der Waals surface area contributed by atoms with E-state index in [1.165, 1.54) is 23.5 Å². The maximum atomic E-state index is 12.8. The Morgan fingerprint density at radius 3 is 2.64 bits per heavy atom. The van der Waals surface area contributed by atoms with Crippen LogP contribution in [0.4, 0.5) is 13.2 Å². The number of piperidine rings is 1. The van der Waals surface area contributed by atoms with Crippen molar-refractivity contribution in [1.82, 2.24) is 4.90 Å². The second kappa shape index (κ2) is 7.00. The van der Waals surface area contributed by atoms with E-state index in [1.807, 2.05) is 5.38 Å². The van der Waals surface area contributed by atoms with Crippen molar-refractivity contribution < 1.29 is 22.8 Å². The van der Waals surface area contributed by atoms with Crippen LogP contribution >= 0.6 is 11.3 Å². The fourth-order valence-corrected chi connectivity index (χ4v) is 3.66. The molecule has 0 spiro atoms. The van der Waals surface area contributed by atoms with Gasteiger partial charge in [0.05, 0.1) is 11.1 Å². The van der Waals surface area contributed by atoms with Crippen LogP contribution in [-0.4, -0.2) is 29.7 Å². The van der Waals surface area contributed by atoms with Crippen LogP contribution in [0, 0.1) is 5.92 Å². The lowest BCUT2D eigenvalue weighted by atomic mass is 9.89. The van der Waals surface area contributed by atoms with Crippen molar-refractivity contribution in [3.8, 4) is 0 Å². The zero-order valence-corrected chi connectivity index (χ0v) is 14.1. The van der Waals surface area contributed by atoms with Gasteiger partial charge in [-0.2, -0.15) is 24.5 Å². The van der Waals surface area contributed by atoms with Gasteiger partial charge in [-0.3, -0.25) is 9.59 Å². The van der Waals surface area contributed by atoms with E-state index in [0.717, 1.165) is 12.1 Å². The molecule has 0 bridgehead atoms. The number of thiophene rings is 1. The first kappa shape index (κ1) is 17.7. The summed E-state index contributed by atoms with van der Waals surface area (Å²) in [4.78, 5) is 26.7. The lowest BCUT2D eigenvalue weighted by Crippen LogP contribution is -2.42. The van der Waals surface area contributed by atoms with Gasteiger partial charge in [-0.1, -0.05) is 12.1 Å². The van der Waals surface area contributed by atoms with Gasteiger partial charge < -0.3 is 4.90 Å². The standard InChI is InChI=1S/C18H16F3NO2S/c19-18(20,21)15-5-1-3-12(9-15)16(23)13-4-2-7-22(10-13)17(24)14-6-8-25-11-14/h1,3,5-6,8-9,11,13H,2,4,7,10H2/t13-/m0/s1. The number of nitrogens with zero attached hydrogens (tertiary/aromatic N) is 1. The predicted octanol–water partition coefficient (Wildman–Crippen LogP) is 4.50. The summed E-state index contributed by atoms with van der Waals surface area (Å²) in [5, 5.41) is 3.56. The third-order valence-corrected chi connectivity index (χ3v) is 5.01. The molecule has 1 aromatic heterocycles. The average Bonchev–Trinajstić information content (AvgIpc) is 3.14. The smallest absolute Gasteiger partial charge is 0.338 e. The Bertz CT molecular complexity index is 771. The van der Waals surface area contributed by atoms with E-state index < -0.39 is 17.7 Å². The van der Waals surface area contributed by atoms with Crippen LogP contribution < -0.4 is 0 Å². The minimum atomic E-state index is -4.48. The molecule has 7 heteroatoms.